The molecule has 1 atom stereocenters. The second-order valence-corrected chi connectivity index (χ2v) is 7.72. The van der Waals surface area contributed by atoms with Crippen molar-refractivity contribution in [3.05, 3.63) is 23.3 Å². The molecule has 1 fully saturated rings. The summed E-state index contributed by atoms with van der Waals surface area (Å²) in [5.74, 6) is 0.573. The average Bonchev–Trinajstić information content (AvgIpc) is 2.50. The molecule has 1 unspecified atom stereocenters. The zero-order chi connectivity index (χ0) is 15.8. The fraction of sp³-hybridized carbons (Fsp3) is 0.778. The Kier molecular flexibility index (Phi) is 4.75. The Labute approximate surface area is 131 Å². The molecule has 3 heteroatoms. The molecule has 1 saturated heterocycles. The summed E-state index contributed by atoms with van der Waals surface area (Å²) < 4.78 is 12.3. The lowest BCUT2D eigenvalue weighted by Gasteiger charge is -2.35. The smallest absolute Gasteiger partial charge is 0.403 e. The Morgan fingerprint density at radius 3 is 2.29 bits per heavy atom. The lowest BCUT2D eigenvalue weighted by Crippen LogP contribution is -2.41. The van der Waals surface area contributed by atoms with Crippen molar-refractivity contribution in [1.82, 2.24) is 0 Å². The summed E-state index contributed by atoms with van der Waals surface area (Å²) in [6, 6.07) is 0. The van der Waals surface area contributed by atoms with Crippen molar-refractivity contribution in [3.8, 4) is 0 Å². The van der Waals surface area contributed by atoms with Crippen LogP contribution in [0.3, 0.4) is 0 Å². The van der Waals surface area contributed by atoms with Gasteiger partial charge in [0.15, 0.2) is 0 Å². The van der Waals surface area contributed by atoms with E-state index in [1.54, 1.807) is 5.57 Å². The largest absolute Gasteiger partial charge is 0.458 e. The maximum absolute atomic E-state index is 6.14. The van der Waals surface area contributed by atoms with Gasteiger partial charge >= 0.3 is 7.12 Å². The molecular weight excluding hydrogens is 259 g/mol. The van der Waals surface area contributed by atoms with E-state index in [0.29, 0.717) is 5.92 Å². The number of hydrogen-bond acceptors (Lipinski definition) is 2. The van der Waals surface area contributed by atoms with Crippen molar-refractivity contribution in [3.63, 3.8) is 0 Å². The molecule has 21 heavy (non-hydrogen) atoms. The molecule has 0 aromatic rings. The first kappa shape index (κ1) is 16.8. The van der Waals surface area contributed by atoms with Gasteiger partial charge in [-0.15, -0.1) is 0 Å². The van der Waals surface area contributed by atoms with Crippen LogP contribution in [0.1, 0.15) is 67.2 Å². The number of unbranched alkanes of at least 4 members (excludes halogenated alkanes) is 1. The first-order valence-corrected chi connectivity index (χ1v) is 8.41. The molecule has 0 amide bonds. The van der Waals surface area contributed by atoms with Crippen LogP contribution >= 0.6 is 0 Å². The van der Waals surface area contributed by atoms with E-state index in [9.17, 15) is 0 Å². The van der Waals surface area contributed by atoms with E-state index >= 15 is 0 Å². The van der Waals surface area contributed by atoms with Gasteiger partial charge in [-0.25, -0.2) is 0 Å². The number of rotatable bonds is 6. The monoisotopic (exact) mass is 290 g/mol. The minimum absolute atomic E-state index is 0.0814. The van der Waals surface area contributed by atoms with Crippen LogP contribution in [-0.4, -0.2) is 18.3 Å². The summed E-state index contributed by atoms with van der Waals surface area (Å²) in [6.07, 6.45) is 5.94. The maximum atomic E-state index is 6.14. The molecule has 0 spiro atoms. The van der Waals surface area contributed by atoms with Gasteiger partial charge in [0.25, 0.3) is 0 Å². The fourth-order valence-electron chi connectivity index (χ4n) is 3.44. The Balaban J connectivity index is 1.99. The number of hydrogen-bond donors (Lipinski definition) is 0. The molecule has 1 aliphatic heterocycles. The molecule has 0 aromatic heterocycles. The topological polar surface area (TPSA) is 18.5 Å². The van der Waals surface area contributed by atoms with E-state index in [2.05, 4.69) is 48.1 Å². The zero-order valence-electron chi connectivity index (χ0n) is 14.7. The molecular formula is C18H31BO2. The minimum Gasteiger partial charge on any atom is -0.403 e. The van der Waals surface area contributed by atoms with Crippen LogP contribution in [-0.2, 0) is 9.31 Å². The number of allylic oxidation sites excluding steroid dienone is 3. The van der Waals surface area contributed by atoms with Crippen LogP contribution in [0, 0.1) is 5.92 Å². The average molecular weight is 290 g/mol. The lowest BCUT2D eigenvalue weighted by molar-refractivity contribution is 0.00578. The lowest BCUT2D eigenvalue weighted by atomic mass is 9.63. The van der Waals surface area contributed by atoms with Crippen molar-refractivity contribution in [1.29, 1.82) is 0 Å². The summed E-state index contributed by atoms with van der Waals surface area (Å²) in [7, 11) is -0.0814. The zero-order valence-corrected chi connectivity index (χ0v) is 14.7. The van der Waals surface area contributed by atoms with Crippen molar-refractivity contribution >= 4 is 7.12 Å². The third-order valence-electron chi connectivity index (χ3n) is 5.35. The van der Waals surface area contributed by atoms with E-state index < -0.39 is 0 Å². The highest BCUT2D eigenvalue weighted by Crippen LogP contribution is 2.46. The molecule has 2 rings (SSSR count). The van der Waals surface area contributed by atoms with Crippen LogP contribution in [0.25, 0.3) is 0 Å². The van der Waals surface area contributed by atoms with Gasteiger partial charge in [-0.2, -0.15) is 0 Å². The molecule has 0 radical (unpaired) electrons. The summed E-state index contributed by atoms with van der Waals surface area (Å²) in [6.45, 7) is 17.0. The first-order valence-electron chi connectivity index (χ1n) is 8.41. The van der Waals surface area contributed by atoms with E-state index in [-0.39, 0.29) is 18.3 Å². The Morgan fingerprint density at radius 2 is 1.81 bits per heavy atom. The quantitative estimate of drug-likeness (QED) is 0.629. The Hall–Kier alpha value is -0.535. The van der Waals surface area contributed by atoms with E-state index in [0.717, 1.165) is 6.32 Å². The molecule has 118 valence electrons. The van der Waals surface area contributed by atoms with Gasteiger partial charge in [-0.05, 0) is 71.7 Å². The van der Waals surface area contributed by atoms with E-state index in [1.807, 2.05) is 0 Å². The summed E-state index contributed by atoms with van der Waals surface area (Å²) >= 11 is 0. The van der Waals surface area contributed by atoms with Crippen molar-refractivity contribution in [2.45, 2.75) is 84.7 Å². The van der Waals surface area contributed by atoms with Crippen molar-refractivity contribution in [2.75, 3.05) is 0 Å². The predicted octanol–water partition coefficient (Wildman–Crippen LogP) is 5.16. The van der Waals surface area contributed by atoms with Crippen LogP contribution in [0.15, 0.2) is 23.3 Å². The van der Waals surface area contributed by atoms with Gasteiger partial charge in [-0.3, -0.25) is 0 Å². The molecule has 1 heterocycles. The van der Waals surface area contributed by atoms with Gasteiger partial charge in [0.05, 0.1) is 11.2 Å². The highest BCUT2D eigenvalue weighted by Gasteiger charge is 2.52. The normalized spacial score (nSPS) is 27.0. The highest BCUT2D eigenvalue weighted by atomic mass is 16.7. The second-order valence-electron chi connectivity index (χ2n) is 7.72. The van der Waals surface area contributed by atoms with Crippen molar-refractivity contribution in [2.24, 2.45) is 5.92 Å². The molecule has 0 saturated carbocycles. The van der Waals surface area contributed by atoms with Gasteiger partial charge in [0.2, 0.25) is 0 Å². The molecule has 2 nitrogen and oxygen atoms in total. The third kappa shape index (κ3) is 3.29. The summed E-state index contributed by atoms with van der Waals surface area (Å²) in [4.78, 5) is 0. The van der Waals surface area contributed by atoms with E-state index in [4.69, 9.17) is 9.31 Å². The first-order chi connectivity index (χ1) is 9.68. The molecule has 0 N–H and O–H groups in total. The molecule has 0 bridgehead atoms. The Bertz CT molecular complexity index is 432. The van der Waals surface area contributed by atoms with E-state index in [1.165, 1.54) is 36.8 Å². The van der Waals surface area contributed by atoms with Crippen LogP contribution < -0.4 is 0 Å². The minimum atomic E-state index is -0.223. The van der Waals surface area contributed by atoms with Gasteiger partial charge in [0.1, 0.15) is 0 Å². The van der Waals surface area contributed by atoms with Crippen molar-refractivity contribution < 1.29 is 9.31 Å². The Morgan fingerprint density at radius 1 is 1.24 bits per heavy atom. The summed E-state index contributed by atoms with van der Waals surface area (Å²) in [5, 5.41) is 0. The van der Waals surface area contributed by atoms with Crippen LogP contribution in [0.4, 0.5) is 0 Å². The molecule has 1 aliphatic carbocycles. The second kappa shape index (κ2) is 5.93. The van der Waals surface area contributed by atoms with Gasteiger partial charge in [-0.1, -0.05) is 31.1 Å². The highest BCUT2D eigenvalue weighted by molar-refractivity contribution is 6.45. The van der Waals surface area contributed by atoms with Gasteiger partial charge in [0, 0.05) is 0 Å². The predicted molar refractivity (Wildman–Crippen MR) is 90.4 cm³/mol. The van der Waals surface area contributed by atoms with Crippen LogP contribution in [0.5, 0.6) is 0 Å². The van der Waals surface area contributed by atoms with Gasteiger partial charge < -0.3 is 9.31 Å². The SMILES string of the molecule is C=C(C)C1=C(CCCC)CC1CB1OC(C)(C)C(C)(C)O1. The summed E-state index contributed by atoms with van der Waals surface area (Å²) in [5.41, 5.74) is 3.90. The maximum Gasteiger partial charge on any atom is 0.458 e. The fourth-order valence-corrected chi connectivity index (χ4v) is 3.44. The standard InChI is InChI=1S/C18H31BO2/c1-8-9-10-14-11-15(16(14)13(2)3)12-19-20-17(4,5)18(6,7)21-19/h15H,2,8-12H2,1,3-7H3. The third-order valence-corrected chi connectivity index (χ3v) is 5.35. The van der Waals surface area contributed by atoms with Crippen LogP contribution in [0.2, 0.25) is 6.32 Å². The molecule has 2 aliphatic rings. The molecule has 0 aromatic carbocycles.